The normalized spacial score (nSPS) is 11.7. The number of aliphatic hydroxyl groups excluding tert-OH is 1. The Labute approximate surface area is 103 Å². The summed E-state index contributed by atoms with van der Waals surface area (Å²) in [6, 6.07) is 2.59. The molecule has 1 amide bonds. The molecule has 0 bridgehead atoms. The Balaban J connectivity index is 2.88. The molecule has 1 rings (SSSR count). The number of ether oxygens (including phenoxy) is 1. The van der Waals surface area contributed by atoms with Gasteiger partial charge in [0.15, 0.2) is 17.5 Å². The van der Waals surface area contributed by atoms with Gasteiger partial charge >= 0.3 is 5.97 Å². The topological polar surface area (TPSA) is 116 Å². The highest BCUT2D eigenvalue weighted by Crippen LogP contribution is 2.27. The van der Waals surface area contributed by atoms with Gasteiger partial charge < -0.3 is 25.4 Å². The first kappa shape index (κ1) is 13.8. The minimum atomic E-state index is -1.23. The van der Waals surface area contributed by atoms with Crippen LogP contribution in [0.4, 0.5) is 0 Å². The highest BCUT2D eigenvalue weighted by atomic mass is 16.5. The van der Waals surface area contributed by atoms with E-state index in [1.807, 2.05) is 0 Å². The van der Waals surface area contributed by atoms with Gasteiger partial charge in [0.2, 0.25) is 0 Å². The molecule has 18 heavy (non-hydrogen) atoms. The third kappa shape index (κ3) is 2.89. The minimum Gasteiger partial charge on any atom is -0.504 e. The lowest BCUT2D eigenvalue weighted by molar-refractivity contribution is -0.143. The number of hydrogen-bond donors (Lipinski definition) is 4. The Morgan fingerprint density at radius 3 is 2.61 bits per heavy atom. The molecule has 0 spiro atoms. The van der Waals surface area contributed by atoms with Crippen molar-refractivity contribution < 1.29 is 29.6 Å². The molecule has 0 radical (unpaired) electrons. The van der Waals surface area contributed by atoms with Crippen molar-refractivity contribution in [2.24, 2.45) is 0 Å². The van der Waals surface area contributed by atoms with Crippen LogP contribution in [0.25, 0.3) is 0 Å². The first-order valence-corrected chi connectivity index (χ1v) is 5.01. The third-order valence-electron chi connectivity index (χ3n) is 2.23. The molecule has 0 unspecified atom stereocenters. The number of esters is 1. The van der Waals surface area contributed by atoms with Crippen LogP contribution in [0.2, 0.25) is 0 Å². The lowest BCUT2D eigenvalue weighted by Crippen LogP contribution is -2.44. The van der Waals surface area contributed by atoms with Crippen molar-refractivity contribution in [1.29, 1.82) is 0 Å². The molecule has 0 aromatic heterocycles. The number of aliphatic hydroxyl groups is 1. The van der Waals surface area contributed by atoms with Crippen LogP contribution in [0, 0.1) is 0 Å². The largest absolute Gasteiger partial charge is 0.504 e. The summed E-state index contributed by atoms with van der Waals surface area (Å²) in [4.78, 5) is 22.9. The van der Waals surface area contributed by atoms with Gasteiger partial charge in [-0.3, -0.25) is 4.79 Å². The fraction of sp³-hybridized carbons (Fsp3) is 0.273. The maximum absolute atomic E-state index is 11.7. The van der Waals surface area contributed by atoms with Crippen LogP contribution in [0.5, 0.6) is 11.5 Å². The van der Waals surface area contributed by atoms with Gasteiger partial charge in [-0.2, -0.15) is 0 Å². The number of carbonyl (C=O) groups is 2. The van der Waals surface area contributed by atoms with Crippen molar-refractivity contribution >= 4 is 11.9 Å². The molecule has 1 atom stereocenters. The zero-order valence-corrected chi connectivity index (χ0v) is 9.58. The molecule has 7 nitrogen and oxygen atoms in total. The number of phenols is 2. The summed E-state index contributed by atoms with van der Waals surface area (Å²) >= 11 is 0. The monoisotopic (exact) mass is 255 g/mol. The Morgan fingerprint density at radius 2 is 2.06 bits per heavy atom. The summed E-state index contributed by atoms with van der Waals surface area (Å²) < 4.78 is 4.37. The number of carbonyl (C=O) groups excluding carboxylic acids is 2. The molecule has 0 aliphatic heterocycles. The number of nitrogens with one attached hydrogen (secondary N) is 1. The predicted octanol–water partition coefficient (Wildman–Crippen LogP) is -0.639. The molecule has 0 heterocycles. The van der Waals surface area contributed by atoms with Gasteiger partial charge in [0, 0.05) is 0 Å². The van der Waals surface area contributed by atoms with Gasteiger partial charge in [0.25, 0.3) is 5.91 Å². The summed E-state index contributed by atoms with van der Waals surface area (Å²) in [6.07, 6.45) is 0. The van der Waals surface area contributed by atoms with E-state index in [0.717, 1.165) is 7.11 Å². The number of benzene rings is 1. The lowest BCUT2D eigenvalue weighted by atomic mass is 10.1. The van der Waals surface area contributed by atoms with Gasteiger partial charge in [0.05, 0.1) is 19.3 Å². The van der Waals surface area contributed by atoms with Crippen LogP contribution in [-0.4, -0.2) is 47.0 Å². The van der Waals surface area contributed by atoms with Crippen LogP contribution in [-0.2, 0) is 9.53 Å². The molecule has 1 aromatic carbocycles. The number of methoxy groups -OCH3 is 1. The highest BCUT2D eigenvalue weighted by Gasteiger charge is 2.23. The average Bonchev–Trinajstić information content (AvgIpc) is 2.37. The van der Waals surface area contributed by atoms with Crippen molar-refractivity contribution in [2.75, 3.05) is 13.7 Å². The molecule has 4 N–H and O–H groups in total. The number of amides is 1. The molecule has 0 fully saturated rings. The fourth-order valence-corrected chi connectivity index (χ4v) is 1.27. The lowest BCUT2D eigenvalue weighted by Gasteiger charge is -2.14. The standard InChI is InChI=1S/C11H13NO6/c1-18-11(17)7(5-13)12-10(16)6-3-2-4-8(14)9(6)15/h2-4,7,13-15H,5H2,1H3,(H,12,16)/t7-/m0/s1. The Bertz CT molecular complexity index is 459. The maximum atomic E-state index is 11.7. The van der Waals surface area contributed by atoms with E-state index in [2.05, 4.69) is 10.1 Å². The van der Waals surface area contributed by atoms with E-state index in [1.165, 1.54) is 18.2 Å². The second-order valence-corrected chi connectivity index (χ2v) is 3.41. The smallest absolute Gasteiger partial charge is 0.330 e. The van der Waals surface area contributed by atoms with Crippen molar-refractivity contribution in [3.63, 3.8) is 0 Å². The van der Waals surface area contributed by atoms with Crippen LogP contribution < -0.4 is 5.32 Å². The van der Waals surface area contributed by atoms with E-state index in [-0.39, 0.29) is 5.56 Å². The molecule has 0 aliphatic rings. The molecule has 1 aromatic rings. The van der Waals surface area contributed by atoms with E-state index < -0.39 is 36.0 Å². The molecule has 0 saturated heterocycles. The summed E-state index contributed by atoms with van der Waals surface area (Å²) in [7, 11) is 1.11. The van der Waals surface area contributed by atoms with Gasteiger partial charge in [-0.25, -0.2) is 4.79 Å². The summed E-state index contributed by atoms with van der Waals surface area (Å²) in [5, 5.41) is 29.8. The number of phenolic OH excluding ortho intramolecular Hbond substituents is 2. The van der Waals surface area contributed by atoms with Gasteiger partial charge in [0.1, 0.15) is 0 Å². The van der Waals surface area contributed by atoms with E-state index in [0.29, 0.717) is 0 Å². The van der Waals surface area contributed by atoms with Crippen LogP contribution >= 0.6 is 0 Å². The molecule has 0 saturated carbocycles. The van der Waals surface area contributed by atoms with E-state index in [1.54, 1.807) is 0 Å². The fourth-order valence-electron chi connectivity index (χ4n) is 1.27. The predicted molar refractivity (Wildman–Crippen MR) is 60.1 cm³/mol. The Kier molecular flexibility index (Phi) is 4.50. The Morgan fingerprint density at radius 1 is 1.39 bits per heavy atom. The summed E-state index contributed by atoms with van der Waals surface area (Å²) in [6.45, 7) is -0.641. The van der Waals surface area contributed by atoms with E-state index in [4.69, 9.17) is 5.11 Å². The van der Waals surface area contributed by atoms with Crippen molar-refractivity contribution in [3.05, 3.63) is 23.8 Å². The number of para-hydroxylation sites is 1. The SMILES string of the molecule is COC(=O)[C@H](CO)NC(=O)c1cccc(O)c1O. The number of aromatic hydroxyl groups is 2. The summed E-state index contributed by atoms with van der Waals surface area (Å²) in [5.74, 6) is -2.68. The maximum Gasteiger partial charge on any atom is 0.330 e. The van der Waals surface area contributed by atoms with Crippen molar-refractivity contribution in [1.82, 2.24) is 5.32 Å². The van der Waals surface area contributed by atoms with Crippen LogP contribution in [0.3, 0.4) is 0 Å². The van der Waals surface area contributed by atoms with Crippen LogP contribution in [0.1, 0.15) is 10.4 Å². The zero-order chi connectivity index (χ0) is 13.7. The quantitative estimate of drug-likeness (QED) is 0.420. The number of hydrogen-bond acceptors (Lipinski definition) is 6. The van der Waals surface area contributed by atoms with Gasteiger partial charge in [-0.15, -0.1) is 0 Å². The Hall–Kier alpha value is -2.28. The molecule has 98 valence electrons. The highest BCUT2D eigenvalue weighted by molar-refractivity contribution is 5.99. The average molecular weight is 255 g/mol. The van der Waals surface area contributed by atoms with E-state index >= 15 is 0 Å². The zero-order valence-electron chi connectivity index (χ0n) is 9.58. The molecular formula is C11H13NO6. The van der Waals surface area contributed by atoms with E-state index in [9.17, 15) is 19.8 Å². The summed E-state index contributed by atoms with van der Waals surface area (Å²) in [5.41, 5.74) is -0.211. The molecule has 0 aliphatic carbocycles. The van der Waals surface area contributed by atoms with Crippen LogP contribution in [0.15, 0.2) is 18.2 Å². The van der Waals surface area contributed by atoms with Gasteiger partial charge in [-0.1, -0.05) is 6.07 Å². The third-order valence-corrected chi connectivity index (χ3v) is 2.23. The van der Waals surface area contributed by atoms with Crippen molar-refractivity contribution in [2.45, 2.75) is 6.04 Å². The molecule has 7 heteroatoms. The second-order valence-electron chi connectivity index (χ2n) is 3.41. The molecular weight excluding hydrogens is 242 g/mol. The first-order chi connectivity index (χ1) is 8.51. The minimum absolute atomic E-state index is 0.211. The number of rotatable bonds is 4. The van der Waals surface area contributed by atoms with Crippen molar-refractivity contribution in [3.8, 4) is 11.5 Å². The van der Waals surface area contributed by atoms with Gasteiger partial charge in [-0.05, 0) is 12.1 Å². The first-order valence-electron chi connectivity index (χ1n) is 5.01. The second kappa shape index (κ2) is 5.87.